The monoisotopic (exact) mass is 182 g/mol. The molecule has 0 aliphatic carbocycles. The number of nitrogens with zero attached hydrogens (tertiary/aromatic N) is 2. The molecule has 0 aromatic carbocycles. The predicted molar refractivity (Wildman–Crippen MR) is 57.2 cm³/mol. The lowest BCUT2D eigenvalue weighted by atomic mass is 10.2. The molecule has 1 unspecified atom stereocenters. The molecule has 0 aromatic rings. The maximum atomic E-state index is 2.41. The Hall–Kier alpha value is -0.660. The van der Waals surface area contributed by atoms with E-state index in [2.05, 4.69) is 43.0 Å². The fourth-order valence-electron chi connectivity index (χ4n) is 1.51. The zero-order valence-corrected chi connectivity index (χ0v) is 9.16. The van der Waals surface area contributed by atoms with Crippen molar-refractivity contribution in [1.82, 2.24) is 9.80 Å². The first-order chi connectivity index (χ1) is 6.27. The fraction of sp³-hybridized carbons (Fsp3) is 0.818. The van der Waals surface area contributed by atoms with E-state index < -0.39 is 0 Å². The Morgan fingerprint density at radius 3 is 2.69 bits per heavy atom. The van der Waals surface area contributed by atoms with E-state index in [9.17, 15) is 0 Å². The van der Waals surface area contributed by atoms with Crippen LogP contribution in [0.5, 0.6) is 0 Å². The Morgan fingerprint density at radius 2 is 2.08 bits per heavy atom. The summed E-state index contributed by atoms with van der Waals surface area (Å²) in [4.78, 5) is 4.81. The molecular weight excluding hydrogens is 160 g/mol. The van der Waals surface area contributed by atoms with Gasteiger partial charge in [-0.2, -0.15) is 0 Å². The summed E-state index contributed by atoms with van der Waals surface area (Å²) in [7, 11) is 0. The first-order valence-electron chi connectivity index (χ1n) is 5.46. The Labute approximate surface area is 82.2 Å². The van der Waals surface area contributed by atoms with Crippen molar-refractivity contribution in [3.63, 3.8) is 0 Å². The van der Waals surface area contributed by atoms with Crippen LogP contribution < -0.4 is 0 Å². The topological polar surface area (TPSA) is 6.48 Å². The quantitative estimate of drug-likeness (QED) is 0.645. The summed E-state index contributed by atoms with van der Waals surface area (Å²) in [5.41, 5.74) is 0. The largest absolute Gasteiger partial charge is 0.359 e. The number of unbranched alkanes of at least 4 members (excludes halogenated alkanes) is 1. The van der Waals surface area contributed by atoms with Crippen molar-refractivity contribution in [3.05, 3.63) is 12.4 Å². The molecule has 2 heteroatoms. The summed E-state index contributed by atoms with van der Waals surface area (Å²) in [6.45, 7) is 9.07. The fourth-order valence-corrected chi connectivity index (χ4v) is 1.51. The third kappa shape index (κ3) is 2.94. The van der Waals surface area contributed by atoms with Crippen LogP contribution in [-0.2, 0) is 0 Å². The molecule has 1 aliphatic rings. The second kappa shape index (κ2) is 5.15. The van der Waals surface area contributed by atoms with Crippen molar-refractivity contribution in [1.29, 1.82) is 0 Å². The van der Waals surface area contributed by atoms with Gasteiger partial charge in [-0.05, 0) is 19.8 Å². The van der Waals surface area contributed by atoms with Crippen LogP contribution in [0.4, 0.5) is 0 Å². The molecule has 0 bridgehead atoms. The highest BCUT2D eigenvalue weighted by molar-refractivity contribution is 4.92. The van der Waals surface area contributed by atoms with Crippen LogP contribution in [0.2, 0.25) is 0 Å². The third-order valence-corrected chi connectivity index (χ3v) is 2.77. The van der Waals surface area contributed by atoms with E-state index in [-0.39, 0.29) is 0 Å². The molecule has 1 rings (SSSR count). The van der Waals surface area contributed by atoms with E-state index in [1.54, 1.807) is 0 Å². The van der Waals surface area contributed by atoms with Crippen LogP contribution >= 0.6 is 0 Å². The molecule has 0 radical (unpaired) electrons. The summed E-state index contributed by atoms with van der Waals surface area (Å²) in [5, 5.41) is 0. The van der Waals surface area contributed by atoms with Gasteiger partial charge in [0.25, 0.3) is 0 Å². The van der Waals surface area contributed by atoms with E-state index in [1.165, 1.54) is 25.8 Å². The molecule has 1 aliphatic heterocycles. The van der Waals surface area contributed by atoms with Gasteiger partial charge < -0.3 is 9.80 Å². The molecule has 0 fully saturated rings. The van der Waals surface area contributed by atoms with Crippen molar-refractivity contribution in [3.8, 4) is 0 Å². The summed E-state index contributed by atoms with van der Waals surface area (Å²) in [6.07, 6.45) is 8.27. The Kier molecular flexibility index (Phi) is 4.13. The standard InChI is InChI=1S/C11H22N2/c1-4-6-7-12-8-9-13(10-12)11(3)5-2/h8-9,11H,4-7,10H2,1-3H3. The van der Waals surface area contributed by atoms with Gasteiger partial charge in [0.1, 0.15) is 0 Å². The maximum absolute atomic E-state index is 2.41. The van der Waals surface area contributed by atoms with Crippen LogP contribution in [0.1, 0.15) is 40.0 Å². The average Bonchev–Trinajstić information content (AvgIpc) is 2.62. The zero-order chi connectivity index (χ0) is 9.68. The SMILES string of the molecule is CCCCN1C=CN(C(C)CC)C1. The highest BCUT2D eigenvalue weighted by atomic mass is 15.3. The van der Waals surface area contributed by atoms with Gasteiger partial charge >= 0.3 is 0 Å². The second-order valence-corrected chi connectivity index (χ2v) is 3.88. The number of rotatable bonds is 5. The minimum atomic E-state index is 0.683. The Morgan fingerprint density at radius 1 is 1.31 bits per heavy atom. The van der Waals surface area contributed by atoms with E-state index in [0.29, 0.717) is 6.04 Å². The van der Waals surface area contributed by atoms with Gasteiger partial charge in [-0.15, -0.1) is 0 Å². The first-order valence-corrected chi connectivity index (χ1v) is 5.46. The Bertz CT molecular complexity index is 165. The number of hydrogen-bond donors (Lipinski definition) is 0. The smallest absolute Gasteiger partial charge is 0.0896 e. The molecule has 2 nitrogen and oxygen atoms in total. The molecule has 0 N–H and O–H groups in total. The third-order valence-electron chi connectivity index (χ3n) is 2.77. The molecular formula is C11H22N2. The van der Waals surface area contributed by atoms with Crippen molar-refractivity contribution in [2.75, 3.05) is 13.2 Å². The number of hydrogen-bond acceptors (Lipinski definition) is 2. The normalized spacial score (nSPS) is 18.4. The molecule has 1 atom stereocenters. The van der Waals surface area contributed by atoms with Gasteiger partial charge in [-0.25, -0.2) is 0 Å². The minimum Gasteiger partial charge on any atom is -0.359 e. The molecule has 0 saturated heterocycles. The van der Waals surface area contributed by atoms with Gasteiger partial charge in [-0.1, -0.05) is 20.3 Å². The van der Waals surface area contributed by atoms with Crippen molar-refractivity contribution in [2.45, 2.75) is 46.1 Å². The summed E-state index contributed by atoms with van der Waals surface area (Å²) < 4.78 is 0. The lowest BCUT2D eigenvalue weighted by Gasteiger charge is -2.26. The summed E-state index contributed by atoms with van der Waals surface area (Å²) in [5.74, 6) is 0. The molecule has 0 aromatic heterocycles. The van der Waals surface area contributed by atoms with E-state index in [1.807, 2.05) is 0 Å². The molecule has 0 amide bonds. The van der Waals surface area contributed by atoms with Crippen molar-refractivity contribution >= 4 is 0 Å². The molecule has 13 heavy (non-hydrogen) atoms. The van der Waals surface area contributed by atoms with Crippen LogP contribution in [0.15, 0.2) is 12.4 Å². The summed E-state index contributed by atoms with van der Waals surface area (Å²) in [6, 6.07) is 0.683. The van der Waals surface area contributed by atoms with Crippen LogP contribution in [0, 0.1) is 0 Å². The zero-order valence-electron chi connectivity index (χ0n) is 9.16. The molecule has 0 saturated carbocycles. The second-order valence-electron chi connectivity index (χ2n) is 3.88. The summed E-state index contributed by atoms with van der Waals surface area (Å²) >= 11 is 0. The van der Waals surface area contributed by atoms with E-state index in [0.717, 1.165) is 6.67 Å². The first kappa shape index (κ1) is 10.4. The molecule has 0 spiro atoms. The lowest BCUT2D eigenvalue weighted by molar-refractivity contribution is 0.216. The molecule has 76 valence electrons. The van der Waals surface area contributed by atoms with Crippen molar-refractivity contribution < 1.29 is 0 Å². The van der Waals surface area contributed by atoms with Crippen LogP contribution in [-0.4, -0.2) is 29.1 Å². The lowest BCUT2D eigenvalue weighted by Crippen LogP contribution is -2.31. The average molecular weight is 182 g/mol. The van der Waals surface area contributed by atoms with Crippen LogP contribution in [0.3, 0.4) is 0 Å². The molecule has 1 heterocycles. The predicted octanol–water partition coefficient (Wildman–Crippen LogP) is 2.63. The maximum Gasteiger partial charge on any atom is 0.0896 e. The van der Waals surface area contributed by atoms with Gasteiger partial charge in [0, 0.05) is 25.0 Å². The van der Waals surface area contributed by atoms with Gasteiger partial charge in [0.15, 0.2) is 0 Å². The van der Waals surface area contributed by atoms with Crippen LogP contribution in [0.25, 0.3) is 0 Å². The van der Waals surface area contributed by atoms with Gasteiger partial charge in [-0.3, -0.25) is 0 Å². The van der Waals surface area contributed by atoms with Gasteiger partial charge in [0.05, 0.1) is 6.67 Å². The van der Waals surface area contributed by atoms with E-state index in [4.69, 9.17) is 0 Å². The Balaban J connectivity index is 2.25. The minimum absolute atomic E-state index is 0.683. The van der Waals surface area contributed by atoms with Crippen molar-refractivity contribution in [2.24, 2.45) is 0 Å². The highest BCUT2D eigenvalue weighted by Crippen LogP contribution is 2.12. The highest BCUT2D eigenvalue weighted by Gasteiger charge is 2.15. The van der Waals surface area contributed by atoms with E-state index >= 15 is 0 Å². The van der Waals surface area contributed by atoms with Gasteiger partial charge in [0.2, 0.25) is 0 Å².